The van der Waals surface area contributed by atoms with Gasteiger partial charge in [-0.15, -0.1) is 0 Å². The van der Waals surface area contributed by atoms with Crippen molar-refractivity contribution in [3.8, 4) is 0 Å². The van der Waals surface area contributed by atoms with Crippen LogP contribution in [0.2, 0.25) is 0 Å². The molecule has 88 valence electrons. The highest BCUT2D eigenvalue weighted by Gasteiger charge is 2.38. The van der Waals surface area contributed by atoms with Gasteiger partial charge in [-0.25, -0.2) is 8.42 Å². The van der Waals surface area contributed by atoms with Crippen molar-refractivity contribution in [2.45, 2.75) is 25.1 Å². The van der Waals surface area contributed by atoms with Crippen molar-refractivity contribution >= 4 is 27.8 Å². The summed E-state index contributed by atoms with van der Waals surface area (Å²) in [5.74, 6) is -0.0665. The van der Waals surface area contributed by atoms with Gasteiger partial charge in [0.1, 0.15) is 6.04 Å². The number of sulfonamides is 1. The standard InChI is InChI=1S/C8H15NO4S2/c1-6(2)15(12,13)9-3-4-14-5-7(9)8(10)11/h6-7H,3-5H2,1-2H3,(H,10,11). The van der Waals surface area contributed by atoms with Crippen LogP contribution in [-0.2, 0) is 14.8 Å². The summed E-state index contributed by atoms with van der Waals surface area (Å²) in [7, 11) is -3.45. The number of hydrogen-bond donors (Lipinski definition) is 1. The molecule has 0 aromatic heterocycles. The maximum Gasteiger partial charge on any atom is 0.322 e. The summed E-state index contributed by atoms with van der Waals surface area (Å²) in [5, 5.41) is 8.37. The molecule has 0 bridgehead atoms. The number of carboxylic acids is 1. The molecule has 1 aliphatic rings. The van der Waals surface area contributed by atoms with Crippen LogP contribution in [0.3, 0.4) is 0 Å². The van der Waals surface area contributed by atoms with Gasteiger partial charge in [-0.2, -0.15) is 16.1 Å². The molecule has 0 aliphatic carbocycles. The molecule has 0 saturated carbocycles. The molecule has 5 nitrogen and oxygen atoms in total. The van der Waals surface area contributed by atoms with E-state index in [0.717, 1.165) is 4.31 Å². The van der Waals surface area contributed by atoms with Crippen molar-refractivity contribution in [1.82, 2.24) is 4.31 Å². The number of hydrogen-bond acceptors (Lipinski definition) is 4. The number of carbonyl (C=O) groups is 1. The van der Waals surface area contributed by atoms with E-state index in [1.807, 2.05) is 0 Å². The fraction of sp³-hybridized carbons (Fsp3) is 0.875. The zero-order chi connectivity index (χ0) is 11.6. The minimum atomic E-state index is -3.45. The Morgan fingerprint density at radius 3 is 2.60 bits per heavy atom. The van der Waals surface area contributed by atoms with Crippen LogP contribution in [0.5, 0.6) is 0 Å². The summed E-state index contributed by atoms with van der Waals surface area (Å²) < 4.78 is 24.8. The molecule has 1 saturated heterocycles. The largest absolute Gasteiger partial charge is 0.480 e. The molecule has 1 rings (SSSR count). The van der Waals surface area contributed by atoms with Gasteiger partial charge >= 0.3 is 5.97 Å². The van der Waals surface area contributed by atoms with Crippen molar-refractivity contribution in [1.29, 1.82) is 0 Å². The number of rotatable bonds is 3. The van der Waals surface area contributed by atoms with Crippen LogP contribution in [0.1, 0.15) is 13.8 Å². The van der Waals surface area contributed by atoms with Gasteiger partial charge in [0.05, 0.1) is 5.25 Å². The van der Waals surface area contributed by atoms with E-state index in [1.54, 1.807) is 13.8 Å². The van der Waals surface area contributed by atoms with E-state index in [-0.39, 0.29) is 0 Å². The normalized spacial score (nSPS) is 24.3. The van der Waals surface area contributed by atoms with Gasteiger partial charge < -0.3 is 5.11 Å². The Bertz CT molecular complexity index is 339. The van der Waals surface area contributed by atoms with Crippen molar-refractivity contribution in [2.75, 3.05) is 18.1 Å². The summed E-state index contributed by atoms with van der Waals surface area (Å²) in [5.41, 5.74) is 0. The molecule has 1 N–H and O–H groups in total. The van der Waals surface area contributed by atoms with E-state index in [0.29, 0.717) is 18.1 Å². The van der Waals surface area contributed by atoms with Crippen LogP contribution in [0.4, 0.5) is 0 Å². The molecular formula is C8H15NO4S2. The van der Waals surface area contributed by atoms with E-state index in [9.17, 15) is 13.2 Å². The molecule has 0 aromatic rings. The van der Waals surface area contributed by atoms with Crippen LogP contribution < -0.4 is 0 Å². The van der Waals surface area contributed by atoms with E-state index in [4.69, 9.17) is 5.11 Å². The fourth-order valence-corrected chi connectivity index (χ4v) is 4.01. The van der Waals surface area contributed by atoms with Gasteiger partial charge in [-0.3, -0.25) is 4.79 Å². The van der Waals surface area contributed by atoms with Gasteiger partial charge in [0.15, 0.2) is 0 Å². The Labute approximate surface area is 93.9 Å². The topological polar surface area (TPSA) is 74.7 Å². The van der Waals surface area contributed by atoms with E-state index in [1.165, 1.54) is 11.8 Å². The first kappa shape index (κ1) is 12.8. The predicted molar refractivity (Wildman–Crippen MR) is 59.5 cm³/mol. The predicted octanol–water partition coefficient (Wildman–Crippen LogP) is 0.227. The second-order valence-electron chi connectivity index (χ2n) is 3.63. The zero-order valence-corrected chi connectivity index (χ0v) is 10.3. The van der Waals surface area contributed by atoms with Crippen molar-refractivity contribution in [3.63, 3.8) is 0 Å². The smallest absolute Gasteiger partial charge is 0.322 e. The van der Waals surface area contributed by atoms with Gasteiger partial charge in [0.25, 0.3) is 0 Å². The SMILES string of the molecule is CC(C)S(=O)(=O)N1CCSCC1C(=O)O. The van der Waals surface area contributed by atoms with Gasteiger partial charge in [0, 0.05) is 18.1 Å². The Hall–Kier alpha value is -0.270. The first-order chi connectivity index (χ1) is 6.87. The van der Waals surface area contributed by atoms with Crippen molar-refractivity contribution in [2.24, 2.45) is 0 Å². The van der Waals surface area contributed by atoms with E-state index >= 15 is 0 Å². The second kappa shape index (κ2) is 4.71. The average molecular weight is 253 g/mol. The average Bonchev–Trinajstić information content (AvgIpc) is 2.17. The monoisotopic (exact) mass is 253 g/mol. The van der Waals surface area contributed by atoms with Crippen LogP contribution in [0.15, 0.2) is 0 Å². The lowest BCUT2D eigenvalue weighted by molar-refractivity contribution is -0.140. The summed E-state index contributed by atoms with van der Waals surface area (Å²) in [6.45, 7) is 3.42. The highest BCUT2D eigenvalue weighted by Crippen LogP contribution is 2.22. The highest BCUT2D eigenvalue weighted by atomic mass is 32.2. The van der Waals surface area contributed by atoms with Crippen LogP contribution in [0.25, 0.3) is 0 Å². The van der Waals surface area contributed by atoms with Gasteiger partial charge in [0.2, 0.25) is 10.0 Å². The summed E-state index contributed by atoms with van der Waals surface area (Å²) in [6, 6.07) is -0.906. The third-order valence-corrected chi connectivity index (χ3v) is 5.59. The molecule has 0 radical (unpaired) electrons. The molecule has 1 heterocycles. The van der Waals surface area contributed by atoms with Gasteiger partial charge in [-0.1, -0.05) is 0 Å². The number of aliphatic carboxylic acids is 1. The Morgan fingerprint density at radius 2 is 2.13 bits per heavy atom. The maximum atomic E-state index is 11.9. The number of thioether (sulfide) groups is 1. The Kier molecular flexibility index (Phi) is 4.02. The minimum absolute atomic E-state index is 0.294. The number of carboxylic acid groups (broad SMARTS) is 1. The molecule has 7 heteroatoms. The molecule has 1 atom stereocenters. The molecule has 0 spiro atoms. The number of nitrogens with zero attached hydrogens (tertiary/aromatic N) is 1. The Morgan fingerprint density at radius 1 is 1.53 bits per heavy atom. The van der Waals surface area contributed by atoms with Crippen molar-refractivity contribution in [3.05, 3.63) is 0 Å². The van der Waals surface area contributed by atoms with Crippen LogP contribution >= 0.6 is 11.8 Å². The van der Waals surface area contributed by atoms with Crippen LogP contribution in [0, 0.1) is 0 Å². The lowest BCUT2D eigenvalue weighted by Gasteiger charge is -2.32. The zero-order valence-electron chi connectivity index (χ0n) is 8.71. The summed E-state index contributed by atoms with van der Waals surface area (Å²) in [6.07, 6.45) is 0. The second-order valence-corrected chi connectivity index (χ2v) is 7.22. The van der Waals surface area contributed by atoms with Gasteiger partial charge in [-0.05, 0) is 13.8 Å². The quantitative estimate of drug-likeness (QED) is 0.779. The maximum absolute atomic E-state index is 11.9. The summed E-state index contributed by atoms with van der Waals surface area (Å²) >= 11 is 1.48. The molecule has 1 aliphatic heterocycles. The lowest BCUT2D eigenvalue weighted by Crippen LogP contribution is -2.52. The molecule has 0 amide bonds. The first-order valence-corrected chi connectivity index (χ1v) is 7.34. The molecule has 1 fully saturated rings. The third-order valence-electron chi connectivity index (χ3n) is 2.29. The van der Waals surface area contributed by atoms with E-state index < -0.39 is 27.3 Å². The van der Waals surface area contributed by atoms with E-state index in [2.05, 4.69) is 0 Å². The molecule has 1 unspecified atom stereocenters. The first-order valence-electron chi connectivity index (χ1n) is 4.68. The Balaban J connectivity index is 2.95. The van der Waals surface area contributed by atoms with Crippen molar-refractivity contribution < 1.29 is 18.3 Å². The third kappa shape index (κ3) is 2.64. The molecule has 0 aromatic carbocycles. The lowest BCUT2D eigenvalue weighted by atomic mass is 10.3. The molecule has 15 heavy (non-hydrogen) atoms. The van der Waals surface area contributed by atoms with Crippen LogP contribution in [-0.4, -0.2) is 53.1 Å². The summed E-state index contributed by atoms with van der Waals surface area (Å²) in [4.78, 5) is 10.9. The molecular weight excluding hydrogens is 238 g/mol. The fourth-order valence-electron chi connectivity index (χ4n) is 1.36. The minimum Gasteiger partial charge on any atom is -0.480 e. The highest BCUT2D eigenvalue weighted by molar-refractivity contribution is 7.99.